The molecule has 0 aliphatic heterocycles. The van der Waals surface area contributed by atoms with Crippen LogP contribution < -0.4 is 4.72 Å². The van der Waals surface area contributed by atoms with Gasteiger partial charge in [0.15, 0.2) is 0 Å². The van der Waals surface area contributed by atoms with Gasteiger partial charge < -0.3 is 0 Å². The minimum absolute atomic E-state index is 0.0189. The predicted octanol–water partition coefficient (Wildman–Crippen LogP) is 4.53. The maximum Gasteiger partial charge on any atom is 0.244 e. The summed E-state index contributed by atoms with van der Waals surface area (Å²) in [5.41, 5.74) is 2.62. The largest absolute Gasteiger partial charge is 0.244 e. The van der Waals surface area contributed by atoms with Crippen LogP contribution in [0, 0.1) is 25.7 Å². The Hall–Kier alpha value is -2.93. The van der Waals surface area contributed by atoms with E-state index >= 15 is 0 Å². The van der Waals surface area contributed by atoms with Crippen LogP contribution in [-0.2, 0) is 20.0 Å². The first kappa shape index (κ1) is 27.7. The topological polar surface area (TPSA) is 83.6 Å². The van der Waals surface area contributed by atoms with Gasteiger partial charge >= 0.3 is 0 Å². The van der Waals surface area contributed by atoms with E-state index in [1.165, 1.54) is 16.4 Å². The SMILES string of the molecule is Cc1ccc(S(=O)(=O)NC/C=C\CN(CC#Cc2ccc(Cl)cc2)S(=O)(=O)c2ccc(C)cc2)cc1. The van der Waals surface area contributed by atoms with Crippen molar-refractivity contribution in [2.45, 2.75) is 23.6 Å². The molecule has 9 heteroatoms. The fourth-order valence-corrected chi connectivity index (χ4v) is 5.50. The van der Waals surface area contributed by atoms with Crippen LogP contribution in [0.15, 0.2) is 94.7 Å². The number of benzene rings is 3. The average molecular weight is 543 g/mol. The molecule has 0 spiro atoms. The highest BCUT2D eigenvalue weighted by molar-refractivity contribution is 7.89. The Morgan fingerprint density at radius 2 is 1.36 bits per heavy atom. The molecule has 0 saturated heterocycles. The first-order valence-corrected chi connectivity index (χ1v) is 14.4. The number of hydrogen-bond acceptors (Lipinski definition) is 4. The van der Waals surface area contributed by atoms with Crippen LogP contribution in [-0.4, -0.2) is 40.8 Å². The zero-order valence-electron chi connectivity index (χ0n) is 20.0. The predicted molar refractivity (Wildman–Crippen MR) is 144 cm³/mol. The van der Waals surface area contributed by atoms with E-state index in [0.29, 0.717) is 10.6 Å². The molecule has 0 saturated carbocycles. The first-order chi connectivity index (χ1) is 17.1. The van der Waals surface area contributed by atoms with E-state index in [2.05, 4.69) is 16.6 Å². The van der Waals surface area contributed by atoms with E-state index in [-0.39, 0.29) is 29.4 Å². The quantitative estimate of drug-likeness (QED) is 0.318. The summed E-state index contributed by atoms with van der Waals surface area (Å²) in [6.07, 6.45) is 3.18. The molecular formula is C27H27ClN2O4S2. The summed E-state index contributed by atoms with van der Waals surface area (Å²) in [5.74, 6) is 5.86. The van der Waals surface area contributed by atoms with Crippen molar-refractivity contribution in [3.05, 3.63) is 107 Å². The summed E-state index contributed by atoms with van der Waals surface area (Å²) in [5, 5.41) is 0.590. The number of sulfonamides is 2. The number of rotatable bonds is 9. The van der Waals surface area contributed by atoms with Crippen LogP contribution in [0.4, 0.5) is 0 Å². The molecule has 0 atom stereocenters. The van der Waals surface area contributed by atoms with Crippen molar-refractivity contribution < 1.29 is 16.8 Å². The van der Waals surface area contributed by atoms with Crippen LogP contribution in [0.2, 0.25) is 5.02 Å². The normalized spacial score (nSPS) is 12.0. The Kier molecular flexibility index (Phi) is 9.49. The van der Waals surface area contributed by atoms with Crippen molar-refractivity contribution in [2.24, 2.45) is 0 Å². The van der Waals surface area contributed by atoms with Gasteiger partial charge in [0.05, 0.1) is 16.3 Å². The van der Waals surface area contributed by atoms with Gasteiger partial charge in [-0.1, -0.05) is 71.0 Å². The van der Waals surface area contributed by atoms with E-state index in [0.717, 1.165) is 11.1 Å². The highest BCUT2D eigenvalue weighted by Gasteiger charge is 2.22. The highest BCUT2D eigenvalue weighted by atomic mass is 35.5. The van der Waals surface area contributed by atoms with E-state index in [9.17, 15) is 16.8 Å². The molecule has 1 N–H and O–H groups in total. The molecule has 0 aliphatic carbocycles. The molecule has 3 aromatic carbocycles. The van der Waals surface area contributed by atoms with Crippen LogP contribution in [0.5, 0.6) is 0 Å². The van der Waals surface area contributed by atoms with Crippen LogP contribution >= 0.6 is 11.6 Å². The lowest BCUT2D eigenvalue weighted by Crippen LogP contribution is -2.32. The van der Waals surface area contributed by atoms with Gasteiger partial charge in [-0.15, -0.1) is 0 Å². The molecule has 0 aliphatic rings. The van der Waals surface area contributed by atoms with Crippen molar-refractivity contribution in [1.82, 2.24) is 9.03 Å². The molecule has 0 aromatic heterocycles. The molecule has 0 heterocycles. The molecule has 3 aromatic rings. The number of hydrogen-bond donors (Lipinski definition) is 1. The molecule has 0 bridgehead atoms. The Morgan fingerprint density at radius 1 is 0.806 bits per heavy atom. The lowest BCUT2D eigenvalue weighted by Gasteiger charge is -2.18. The Morgan fingerprint density at radius 3 is 1.94 bits per heavy atom. The van der Waals surface area contributed by atoms with Gasteiger partial charge in [-0.3, -0.25) is 0 Å². The van der Waals surface area contributed by atoms with Gasteiger partial charge in [0.2, 0.25) is 20.0 Å². The van der Waals surface area contributed by atoms with E-state index in [4.69, 9.17) is 11.6 Å². The van der Waals surface area contributed by atoms with Gasteiger partial charge in [0.25, 0.3) is 0 Å². The lowest BCUT2D eigenvalue weighted by molar-refractivity contribution is 0.477. The van der Waals surface area contributed by atoms with Crippen molar-refractivity contribution in [2.75, 3.05) is 19.6 Å². The minimum atomic E-state index is -3.82. The fourth-order valence-electron chi connectivity index (χ4n) is 3.10. The smallest absolute Gasteiger partial charge is 0.207 e. The van der Waals surface area contributed by atoms with Crippen molar-refractivity contribution in [3.63, 3.8) is 0 Å². The minimum Gasteiger partial charge on any atom is -0.207 e. The third-order valence-corrected chi connectivity index (χ3v) is 8.71. The second-order valence-corrected chi connectivity index (χ2v) is 12.2. The third kappa shape index (κ3) is 7.79. The van der Waals surface area contributed by atoms with E-state index in [1.807, 2.05) is 13.8 Å². The first-order valence-electron chi connectivity index (χ1n) is 11.1. The molecule has 0 amide bonds. The second kappa shape index (κ2) is 12.3. The Balaban J connectivity index is 1.72. The lowest BCUT2D eigenvalue weighted by atomic mass is 10.2. The van der Waals surface area contributed by atoms with Gasteiger partial charge in [-0.25, -0.2) is 21.6 Å². The maximum absolute atomic E-state index is 13.3. The Bertz CT molecular complexity index is 1470. The zero-order chi connectivity index (χ0) is 26.2. The van der Waals surface area contributed by atoms with Gasteiger partial charge in [-0.05, 0) is 62.4 Å². The van der Waals surface area contributed by atoms with Gasteiger partial charge in [0, 0.05) is 23.7 Å². The monoisotopic (exact) mass is 542 g/mol. The molecule has 36 heavy (non-hydrogen) atoms. The van der Waals surface area contributed by atoms with Crippen LogP contribution in [0.3, 0.4) is 0 Å². The number of halogens is 1. The molecule has 0 radical (unpaired) electrons. The standard InChI is InChI=1S/C27H27ClN2O4S2/c1-22-7-15-26(16-8-22)35(31,32)29-19-3-4-20-30(21-5-6-24-11-13-25(28)14-12-24)36(33,34)27-17-9-23(2)10-18-27/h3-4,7-18,29H,19-21H2,1-2H3/b4-3-. The summed E-state index contributed by atoms with van der Waals surface area (Å²) in [6.45, 7) is 3.76. The molecule has 0 fully saturated rings. The van der Waals surface area contributed by atoms with Crippen molar-refractivity contribution >= 4 is 31.6 Å². The zero-order valence-corrected chi connectivity index (χ0v) is 22.4. The highest BCUT2D eigenvalue weighted by Crippen LogP contribution is 2.16. The third-order valence-electron chi connectivity index (χ3n) is 5.19. The summed E-state index contributed by atoms with van der Waals surface area (Å²) >= 11 is 5.90. The Labute approximate surface area is 218 Å². The van der Waals surface area contributed by atoms with Gasteiger partial charge in [-0.2, -0.15) is 4.31 Å². The van der Waals surface area contributed by atoms with E-state index < -0.39 is 20.0 Å². The second-order valence-electron chi connectivity index (χ2n) is 8.06. The molecule has 3 rings (SSSR count). The fraction of sp³-hybridized carbons (Fsp3) is 0.185. The summed E-state index contributed by atoms with van der Waals surface area (Å²) in [6, 6.07) is 20.1. The maximum atomic E-state index is 13.3. The average Bonchev–Trinajstić information content (AvgIpc) is 2.84. The number of aryl methyl sites for hydroxylation is 2. The van der Waals surface area contributed by atoms with Crippen LogP contribution in [0.25, 0.3) is 0 Å². The molecule has 0 unspecified atom stereocenters. The summed E-state index contributed by atoms with van der Waals surface area (Å²) in [7, 11) is -7.49. The number of nitrogens with one attached hydrogen (secondary N) is 1. The van der Waals surface area contributed by atoms with Crippen LogP contribution in [0.1, 0.15) is 16.7 Å². The molecule has 188 valence electrons. The summed E-state index contributed by atoms with van der Waals surface area (Å²) < 4.78 is 55.1. The summed E-state index contributed by atoms with van der Waals surface area (Å²) in [4.78, 5) is 0.331. The molecular weight excluding hydrogens is 516 g/mol. The van der Waals surface area contributed by atoms with Crippen molar-refractivity contribution in [1.29, 1.82) is 0 Å². The number of nitrogens with zero attached hydrogens (tertiary/aromatic N) is 1. The van der Waals surface area contributed by atoms with E-state index in [1.54, 1.807) is 72.8 Å². The van der Waals surface area contributed by atoms with Crippen molar-refractivity contribution in [3.8, 4) is 11.8 Å². The molecule has 6 nitrogen and oxygen atoms in total. The van der Waals surface area contributed by atoms with Gasteiger partial charge in [0.1, 0.15) is 0 Å².